The van der Waals surface area contributed by atoms with E-state index >= 15 is 0 Å². The predicted molar refractivity (Wildman–Crippen MR) is 143 cm³/mol. The largest absolute Gasteiger partial charge is 0.361 e. The van der Waals surface area contributed by atoms with Crippen molar-refractivity contribution in [1.82, 2.24) is 19.8 Å². The summed E-state index contributed by atoms with van der Waals surface area (Å²) in [5.74, 6) is -0.743. The van der Waals surface area contributed by atoms with E-state index < -0.39 is 0 Å². The van der Waals surface area contributed by atoms with Crippen LogP contribution in [0.4, 0.5) is 0 Å². The molecule has 2 aromatic carbocycles. The fourth-order valence-corrected chi connectivity index (χ4v) is 5.43. The van der Waals surface area contributed by atoms with Crippen molar-refractivity contribution < 1.29 is 9.59 Å². The molecule has 4 aromatic rings. The molecule has 0 unspecified atom stereocenters. The number of carbonyl (C=O) groups is 2. The van der Waals surface area contributed by atoms with E-state index in [1.807, 2.05) is 36.5 Å². The molecule has 2 aromatic heterocycles. The summed E-state index contributed by atoms with van der Waals surface area (Å²) in [6.07, 6.45) is 3.82. The Morgan fingerprint density at radius 1 is 0.882 bits per heavy atom. The van der Waals surface area contributed by atoms with Crippen LogP contribution in [0, 0.1) is 0 Å². The highest BCUT2D eigenvalue weighted by molar-refractivity contribution is 9.10. The molecule has 0 radical (unpaired) electrons. The van der Waals surface area contributed by atoms with Crippen LogP contribution in [-0.2, 0) is 16.1 Å². The molecule has 0 bridgehead atoms. The van der Waals surface area contributed by atoms with E-state index in [-0.39, 0.29) is 11.8 Å². The summed E-state index contributed by atoms with van der Waals surface area (Å²) in [6.45, 7) is 7.97. The molecule has 3 heterocycles. The van der Waals surface area contributed by atoms with Gasteiger partial charge in [-0.05, 0) is 49.5 Å². The second-order valence-corrected chi connectivity index (χ2v) is 10.2. The normalized spacial score (nSPS) is 14.3. The number of aromatic amines is 1. The molecule has 1 aliphatic rings. The number of fused-ring (bicyclic) bond motifs is 2. The van der Waals surface area contributed by atoms with Crippen molar-refractivity contribution in [2.75, 3.05) is 19.6 Å². The standard InChI is InChI=1S/C26H24Br2N4O2/c1-3-31(4-2)9-10-32-14-20(18-12-16(28)6-8-22(18)32)24-23(25(33)30-26(24)34)19-13-29-21-7-5-15(27)11-17(19)21/h5-8,11-14,29H,3-4,9-10H2,1-2H3,(H,30,33,34). The van der Waals surface area contributed by atoms with E-state index in [2.05, 4.69) is 71.5 Å². The van der Waals surface area contributed by atoms with Crippen LogP contribution in [-0.4, -0.2) is 45.9 Å². The number of hydrogen-bond donors (Lipinski definition) is 2. The van der Waals surface area contributed by atoms with Crippen molar-refractivity contribution in [1.29, 1.82) is 0 Å². The average Bonchev–Trinajstić information content (AvgIpc) is 3.46. The van der Waals surface area contributed by atoms with Crippen LogP contribution in [0.1, 0.15) is 25.0 Å². The Morgan fingerprint density at radius 3 is 2.24 bits per heavy atom. The van der Waals surface area contributed by atoms with Gasteiger partial charge in [0, 0.05) is 67.4 Å². The first-order chi connectivity index (χ1) is 16.4. The van der Waals surface area contributed by atoms with Gasteiger partial charge in [-0.2, -0.15) is 0 Å². The Labute approximate surface area is 214 Å². The van der Waals surface area contributed by atoms with Crippen molar-refractivity contribution in [3.63, 3.8) is 0 Å². The zero-order valence-electron chi connectivity index (χ0n) is 18.9. The third-order valence-corrected chi connectivity index (χ3v) is 7.49. The van der Waals surface area contributed by atoms with Crippen molar-refractivity contribution >= 4 is 76.6 Å². The number of carbonyl (C=O) groups excluding carboxylic acids is 2. The minimum absolute atomic E-state index is 0.368. The molecule has 34 heavy (non-hydrogen) atoms. The lowest BCUT2D eigenvalue weighted by Crippen LogP contribution is -2.26. The van der Waals surface area contributed by atoms with Crippen LogP contribution in [0.15, 0.2) is 57.7 Å². The molecule has 2 amide bonds. The second-order valence-electron chi connectivity index (χ2n) is 8.35. The van der Waals surface area contributed by atoms with E-state index in [9.17, 15) is 9.59 Å². The number of rotatable bonds is 7. The first-order valence-corrected chi connectivity index (χ1v) is 12.9. The van der Waals surface area contributed by atoms with Crippen LogP contribution in [0.3, 0.4) is 0 Å². The fourth-order valence-electron chi connectivity index (χ4n) is 4.71. The van der Waals surface area contributed by atoms with Gasteiger partial charge in [0.2, 0.25) is 0 Å². The summed E-state index contributed by atoms with van der Waals surface area (Å²) in [4.78, 5) is 31.8. The molecule has 0 spiro atoms. The van der Waals surface area contributed by atoms with Gasteiger partial charge in [-0.1, -0.05) is 45.7 Å². The van der Waals surface area contributed by atoms with Gasteiger partial charge < -0.3 is 14.5 Å². The lowest BCUT2D eigenvalue weighted by molar-refractivity contribution is -0.122. The van der Waals surface area contributed by atoms with Crippen LogP contribution < -0.4 is 5.32 Å². The highest BCUT2D eigenvalue weighted by atomic mass is 79.9. The summed E-state index contributed by atoms with van der Waals surface area (Å²) in [5.41, 5.74) is 4.23. The molecular formula is C26H24Br2N4O2. The number of amides is 2. The molecule has 0 aliphatic carbocycles. The van der Waals surface area contributed by atoms with Gasteiger partial charge in [-0.25, -0.2) is 0 Å². The molecule has 174 valence electrons. The molecule has 8 heteroatoms. The maximum absolute atomic E-state index is 13.2. The Bertz CT molecular complexity index is 1480. The van der Waals surface area contributed by atoms with E-state index in [4.69, 9.17) is 0 Å². The van der Waals surface area contributed by atoms with E-state index in [1.54, 1.807) is 6.20 Å². The molecule has 5 rings (SSSR count). The smallest absolute Gasteiger partial charge is 0.259 e. The monoisotopic (exact) mass is 582 g/mol. The molecule has 6 nitrogen and oxygen atoms in total. The van der Waals surface area contributed by atoms with Crippen LogP contribution in [0.5, 0.6) is 0 Å². The third-order valence-electron chi connectivity index (χ3n) is 6.51. The Hall–Kier alpha value is -2.68. The lowest BCUT2D eigenvalue weighted by Gasteiger charge is -2.18. The van der Waals surface area contributed by atoms with Gasteiger partial charge in [0.25, 0.3) is 11.8 Å². The summed E-state index contributed by atoms with van der Waals surface area (Å²) >= 11 is 7.10. The minimum atomic E-state index is -0.375. The van der Waals surface area contributed by atoms with E-state index in [1.165, 1.54) is 0 Å². The molecule has 0 saturated heterocycles. The Morgan fingerprint density at radius 2 is 1.53 bits per heavy atom. The zero-order chi connectivity index (χ0) is 24.0. The van der Waals surface area contributed by atoms with Gasteiger partial charge >= 0.3 is 0 Å². The number of benzene rings is 2. The number of imide groups is 1. The number of hydrogen-bond acceptors (Lipinski definition) is 3. The average molecular weight is 584 g/mol. The van der Waals surface area contributed by atoms with E-state index in [0.717, 1.165) is 62.5 Å². The lowest BCUT2D eigenvalue weighted by atomic mass is 9.95. The first kappa shape index (κ1) is 23.1. The molecule has 0 saturated carbocycles. The van der Waals surface area contributed by atoms with Gasteiger partial charge in [0.15, 0.2) is 0 Å². The number of likely N-dealkylation sites (N-methyl/N-ethyl adjacent to an activating group) is 1. The maximum atomic E-state index is 13.2. The minimum Gasteiger partial charge on any atom is -0.361 e. The van der Waals surface area contributed by atoms with Gasteiger partial charge in [-0.15, -0.1) is 0 Å². The molecule has 0 atom stereocenters. The molecule has 2 N–H and O–H groups in total. The summed E-state index contributed by atoms with van der Waals surface area (Å²) in [6, 6.07) is 11.9. The summed E-state index contributed by atoms with van der Waals surface area (Å²) in [5, 5.41) is 4.36. The number of aromatic nitrogens is 2. The molecular weight excluding hydrogens is 560 g/mol. The quantitative estimate of drug-likeness (QED) is 0.280. The van der Waals surface area contributed by atoms with Crippen LogP contribution in [0.2, 0.25) is 0 Å². The number of nitrogens with zero attached hydrogens (tertiary/aromatic N) is 2. The summed E-state index contributed by atoms with van der Waals surface area (Å²) in [7, 11) is 0. The summed E-state index contributed by atoms with van der Waals surface area (Å²) < 4.78 is 4.01. The highest BCUT2D eigenvalue weighted by Crippen LogP contribution is 2.39. The molecule has 0 fully saturated rings. The topological polar surface area (TPSA) is 70.1 Å². The number of H-pyrrole nitrogens is 1. The third kappa shape index (κ3) is 3.93. The Balaban J connectivity index is 1.72. The SMILES string of the molecule is CCN(CC)CCn1cc(C2=C(c3c[nH]c4ccc(Br)cc34)C(=O)NC2=O)c2cc(Br)ccc21. The second kappa shape index (κ2) is 9.17. The number of halogens is 2. The van der Waals surface area contributed by atoms with Gasteiger partial charge in [0.05, 0.1) is 11.1 Å². The van der Waals surface area contributed by atoms with Crippen LogP contribution >= 0.6 is 31.9 Å². The predicted octanol–water partition coefficient (Wildman–Crippen LogP) is 5.56. The van der Waals surface area contributed by atoms with Crippen molar-refractivity contribution in [3.8, 4) is 0 Å². The molecule has 1 aliphatic heterocycles. The Kier molecular flexibility index (Phi) is 6.22. The van der Waals surface area contributed by atoms with Crippen LogP contribution in [0.25, 0.3) is 33.0 Å². The highest BCUT2D eigenvalue weighted by Gasteiger charge is 2.35. The van der Waals surface area contributed by atoms with Gasteiger partial charge in [0.1, 0.15) is 0 Å². The maximum Gasteiger partial charge on any atom is 0.259 e. The van der Waals surface area contributed by atoms with Gasteiger partial charge in [-0.3, -0.25) is 14.9 Å². The first-order valence-electron chi connectivity index (χ1n) is 11.3. The van der Waals surface area contributed by atoms with Crippen molar-refractivity contribution in [3.05, 3.63) is 68.9 Å². The zero-order valence-corrected chi connectivity index (χ0v) is 22.1. The van der Waals surface area contributed by atoms with E-state index in [0.29, 0.717) is 16.7 Å². The number of nitrogens with one attached hydrogen (secondary N) is 2. The van der Waals surface area contributed by atoms with Crippen molar-refractivity contribution in [2.45, 2.75) is 20.4 Å². The van der Waals surface area contributed by atoms with Crippen molar-refractivity contribution in [2.24, 2.45) is 0 Å². The fraction of sp³-hybridized carbons (Fsp3) is 0.231.